The van der Waals surface area contributed by atoms with E-state index < -0.39 is 0 Å². The van der Waals surface area contributed by atoms with Gasteiger partial charge in [0, 0.05) is 17.0 Å². The van der Waals surface area contributed by atoms with Crippen LogP contribution in [-0.2, 0) is 9.47 Å². The Morgan fingerprint density at radius 1 is 0.447 bits per heavy atom. The Balaban J connectivity index is 1.25. The van der Waals surface area contributed by atoms with E-state index in [1.807, 2.05) is 12.1 Å². The molecule has 2 saturated heterocycles. The number of hydrogen-bond donors (Lipinski definition) is 0. The zero-order valence-electron chi connectivity index (χ0n) is 26.1. The van der Waals surface area contributed by atoms with Crippen LogP contribution in [0.15, 0.2) is 152 Å². The van der Waals surface area contributed by atoms with Crippen LogP contribution in [0.4, 0.5) is 0 Å². The van der Waals surface area contributed by atoms with E-state index in [2.05, 4.69) is 140 Å². The van der Waals surface area contributed by atoms with E-state index >= 15 is 0 Å². The van der Waals surface area contributed by atoms with Crippen molar-refractivity contribution in [2.24, 2.45) is 0 Å². The van der Waals surface area contributed by atoms with E-state index in [4.69, 9.17) is 18.9 Å². The van der Waals surface area contributed by atoms with Crippen molar-refractivity contribution >= 4 is 0 Å². The molecule has 2 aliphatic heterocycles. The predicted molar refractivity (Wildman–Crippen MR) is 187 cm³/mol. The first-order valence-corrected chi connectivity index (χ1v) is 16.3. The lowest BCUT2D eigenvalue weighted by atomic mass is 9.82. The van der Waals surface area contributed by atoms with Gasteiger partial charge in [0.25, 0.3) is 0 Å². The molecular weight excluding hydrogens is 580 g/mol. The minimum absolute atomic E-state index is 0.0358. The highest BCUT2D eigenvalue weighted by Gasteiger charge is 2.26. The molecular formula is C43H36O4. The first-order chi connectivity index (χ1) is 23.3. The van der Waals surface area contributed by atoms with Gasteiger partial charge >= 0.3 is 0 Å². The number of ether oxygens (including phenoxy) is 4. The van der Waals surface area contributed by atoms with Gasteiger partial charge in [0.2, 0.25) is 0 Å². The molecule has 6 aromatic carbocycles. The SMILES string of the molecule is c1ccc(-c2ccc(C(c3ccc(OCC4CO4)c(-c4ccccc4)c3)c3ccc(OCC4CO4)c(-c4ccccc4)c3)cc2)cc1. The van der Waals surface area contributed by atoms with Gasteiger partial charge in [-0.25, -0.2) is 0 Å². The summed E-state index contributed by atoms with van der Waals surface area (Å²) in [6, 6.07) is 53.8. The summed E-state index contributed by atoms with van der Waals surface area (Å²) in [5.74, 6) is 1.70. The summed E-state index contributed by atoms with van der Waals surface area (Å²) >= 11 is 0. The Morgan fingerprint density at radius 3 is 1.26 bits per heavy atom. The van der Waals surface area contributed by atoms with Crippen LogP contribution in [0.25, 0.3) is 33.4 Å². The Labute approximate surface area is 276 Å². The maximum absolute atomic E-state index is 6.32. The second kappa shape index (κ2) is 13.3. The quantitative estimate of drug-likeness (QED) is 0.102. The van der Waals surface area contributed by atoms with Gasteiger partial charge in [-0.2, -0.15) is 0 Å². The fourth-order valence-corrected chi connectivity index (χ4v) is 6.16. The predicted octanol–water partition coefficient (Wildman–Crippen LogP) is 9.42. The molecule has 2 atom stereocenters. The zero-order valence-corrected chi connectivity index (χ0v) is 26.1. The van der Waals surface area contributed by atoms with Crippen molar-refractivity contribution < 1.29 is 18.9 Å². The standard InChI is InChI=1S/C43H36O4/c1-4-10-30(11-5-1)31-16-18-34(19-17-31)43(35-20-22-41(46-28-37-26-44-37)39(24-35)32-12-6-2-7-13-32)36-21-23-42(47-29-38-27-45-38)40(25-36)33-14-8-3-9-15-33/h1-25,37-38,43H,26-29H2. The molecule has 0 amide bonds. The summed E-state index contributed by atoms with van der Waals surface area (Å²) in [6.07, 6.45) is 0.357. The fourth-order valence-electron chi connectivity index (χ4n) is 6.16. The lowest BCUT2D eigenvalue weighted by molar-refractivity contribution is 0.264. The normalized spacial score (nSPS) is 17.1. The van der Waals surface area contributed by atoms with Gasteiger partial charge in [0.05, 0.1) is 13.2 Å². The van der Waals surface area contributed by atoms with Crippen LogP contribution in [-0.4, -0.2) is 38.6 Å². The van der Waals surface area contributed by atoms with Gasteiger partial charge < -0.3 is 18.9 Å². The molecule has 2 heterocycles. The van der Waals surface area contributed by atoms with Crippen LogP contribution < -0.4 is 9.47 Å². The molecule has 232 valence electrons. The highest BCUT2D eigenvalue weighted by molar-refractivity contribution is 5.74. The third-order valence-corrected chi connectivity index (χ3v) is 8.85. The molecule has 0 aliphatic carbocycles. The summed E-state index contributed by atoms with van der Waals surface area (Å²) < 4.78 is 23.5. The van der Waals surface area contributed by atoms with Crippen LogP contribution in [0.2, 0.25) is 0 Å². The van der Waals surface area contributed by atoms with Crippen LogP contribution in [0, 0.1) is 0 Å². The average molecular weight is 617 g/mol. The smallest absolute Gasteiger partial charge is 0.127 e. The van der Waals surface area contributed by atoms with Crippen LogP contribution in [0.1, 0.15) is 22.6 Å². The Bertz CT molecular complexity index is 1830. The second-order valence-electron chi connectivity index (χ2n) is 12.2. The van der Waals surface area contributed by atoms with Crippen molar-refractivity contribution in [2.45, 2.75) is 18.1 Å². The third-order valence-electron chi connectivity index (χ3n) is 8.85. The maximum Gasteiger partial charge on any atom is 0.127 e. The molecule has 47 heavy (non-hydrogen) atoms. The van der Waals surface area contributed by atoms with Crippen molar-refractivity contribution in [3.05, 3.63) is 168 Å². The monoisotopic (exact) mass is 616 g/mol. The highest BCUT2D eigenvalue weighted by atomic mass is 16.6. The summed E-state index contributed by atoms with van der Waals surface area (Å²) in [7, 11) is 0. The van der Waals surface area contributed by atoms with E-state index in [-0.39, 0.29) is 18.1 Å². The molecule has 0 saturated carbocycles. The summed E-state index contributed by atoms with van der Waals surface area (Å²) in [6.45, 7) is 2.63. The first kappa shape index (κ1) is 29.3. The Kier molecular flexibility index (Phi) is 8.27. The molecule has 0 spiro atoms. The van der Waals surface area contributed by atoms with Gasteiger partial charge in [-0.05, 0) is 63.2 Å². The average Bonchev–Trinajstić information content (AvgIpc) is 4.09. The molecule has 2 aliphatic rings. The van der Waals surface area contributed by atoms with E-state index in [1.54, 1.807) is 0 Å². The van der Waals surface area contributed by atoms with Crippen molar-refractivity contribution in [1.29, 1.82) is 0 Å². The molecule has 6 aromatic rings. The minimum Gasteiger partial charge on any atom is -0.490 e. The number of rotatable bonds is 12. The maximum atomic E-state index is 6.32. The summed E-state index contributed by atoms with van der Waals surface area (Å²) in [5.41, 5.74) is 10.4. The highest BCUT2D eigenvalue weighted by Crippen LogP contribution is 2.42. The number of hydrogen-bond acceptors (Lipinski definition) is 4. The molecule has 0 bridgehead atoms. The largest absolute Gasteiger partial charge is 0.490 e. The van der Waals surface area contributed by atoms with Gasteiger partial charge in [-0.1, -0.05) is 127 Å². The van der Waals surface area contributed by atoms with E-state index in [0.29, 0.717) is 13.2 Å². The lowest BCUT2D eigenvalue weighted by Crippen LogP contribution is -2.08. The van der Waals surface area contributed by atoms with Crippen molar-refractivity contribution in [3.63, 3.8) is 0 Å². The Hall–Kier alpha value is -5.16. The second-order valence-corrected chi connectivity index (χ2v) is 12.2. The molecule has 4 nitrogen and oxygen atoms in total. The van der Waals surface area contributed by atoms with Crippen LogP contribution in [0.5, 0.6) is 11.5 Å². The summed E-state index contributed by atoms with van der Waals surface area (Å²) in [5, 5.41) is 0. The van der Waals surface area contributed by atoms with Gasteiger partial charge in [-0.3, -0.25) is 0 Å². The van der Waals surface area contributed by atoms with Gasteiger partial charge in [-0.15, -0.1) is 0 Å². The number of epoxide rings is 2. The van der Waals surface area contributed by atoms with Crippen molar-refractivity contribution in [2.75, 3.05) is 26.4 Å². The zero-order chi connectivity index (χ0) is 31.4. The fraction of sp³-hybridized carbons (Fsp3) is 0.163. The number of benzene rings is 6. The first-order valence-electron chi connectivity index (χ1n) is 16.3. The van der Waals surface area contributed by atoms with Gasteiger partial charge in [0.15, 0.2) is 0 Å². The van der Waals surface area contributed by atoms with Crippen LogP contribution in [0.3, 0.4) is 0 Å². The van der Waals surface area contributed by atoms with Gasteiger partial charge in [0.1, 0.15) is 36.9 Å². The molecule has 8 rings (SSSR count). The lowest BCUT2D eigenvalue weighted by Gasteiger charge is -2.23. The van der Waals surface area contributed by atoms with Crippen LogP contribution >= 0.6 is 0 Å². The third kappa shape index (κ3) is 6.85. The molecule has 4 heteroatoms. The van der Waals surface area contributed by atoms with E-state index in [9.17, 15) is 0 Å². The summed E-state index contributed by atoms with van der Waals surface area (Å²) in [4.78, 5) is 0. The molecule has 0 N–H and O–H groups in total. The van der Waals surface area contributed by atoms with Crippen molar-refractivity contribution in [1.82, 2.24) is 0 Å². The minimum atomic E-state index is -0.0358. The Morgan fingerprint density at radius 2 is 0.830 bits per heavy atom. The van der Waals surface area contributed by atoms with E-state index in [0.717, 1.165) is 47.0 Å². The van der Waals surface area contributed by atoms with Crippen molar-refractivity contribution in [3.8, 4) is 44.9 Å². The molecule has 2 unspecified atom stereocenters. The molecule has 0 aromatic heterocycles. The topological polar surface area (TPSA) is 43.5 Å². The molecule has 2 fully saturated rings. The van der Waals surface area contributed by atoms with E-state index in [1.165, 1.54) is 27.8 Å². The molecule has 0 radical (unpaired) electrons.